The number of nitrogens with one attached hydrogen (secondary N) is 1. The number of rotatable bonds is 12. The van der Waals surface area contributed by atoms with Crippen molar-refractivity contribution in [2.75, 3.05) is 26.3 Å². The highest BCUT2D eigenvalue weighted by molar-refractivity contribution is 6.00. The van der Waals surface area contributed by atoms with Crippen LogP contribution >= 0.6 is 0 Å². The van der Waals surface area contributed by atoms with E-state index in [4.69, 9.17) is 14.6 Å². The van der Waals surface area contributed by atoms with Crippen LogP contribution in [-0.2, 0) is 28.7 Å². The molecule has 34 heavy (non-hydrogen) atoms. The van der Waals surface area contributed by atoms with Gasteiger partial charge in [0.25, 0.3) is 5.91 Å². The first-order chi connectivity index (χ1) is 16.2. The lowest BCUT2D eigenvalue weighted by Gasteiger charge is -2.26. The average molecular weight is 473 g/mol. The molecule has 2 amide bonds. The van der Waals surface area contributed by atoms with Gasteiger partial charge < -0.3 is 24.8 Å². The number of hydrogen-bond acceptors (Lipinski definition) is 8. The first kappa shape index (κ1) is 26.2. The van der Waals surface area contributed by atoms with Crippen molar-refractivity contribution in [3.05, 3.63) is 42.1 Å². The Hall–Kier alpha value is -4.02. The van der Waals surface area contributed by atoms with Crippen LogP contribution in [0.3, 0.4) is 0 Å². The van der Waals surface area contributed by atoms with Crippen LogP contribution in [0.1, 0.15) is 37.0 Å². The summed E-state index contributed by atoms with van der Waals surface area (Å²) in [7, 11) is 0. The second kappa shape index (κ2) is 12.9. The summed E-state index contributed by atoms with van der Waals surface area (Å²) in [6.45, 7) is 2.17. The van der Waals surface area contributed by atoms with E-state index in [1.807, 2.05) is 0 Å². The SMILES string of the molecule is CCOC(=O)CN(CC(=O)OCC)C(=O)[C@@H](CCC(=O)O)NC(=O)c1cnc2ccccc2c1. The minimum absolute atomic E-state index is 0.0639. The molecule has 0 bridgehead atoms. The summed E-state index contributed by atoms with van der Waals surface area (Å²) in [6, 6.07) is 7.40. The third kappa shape index (κ3) is 7.84. The molecule has 1 aromatic heterocycles. The van der Waals surface area contributed by atoms with Crippen molar-refractivity contribution in [1.82, 2.24) is 15.2 Å². The molecule has 2 aromatic rings. The van der Waals surface area contributed by atoms with Crippen molar-refractivity contribution in [3.8, 4) is 0 Å². The molecule has 2 N–H and O–H groups in total. The molecular weight excluding hydrogens is 446 g/mol. The van der Waals surface area contributed by atoms with Gasteiger partial charge in [0, 0.05) is 18.0 Å². The van der Waals surface area contributed by atoms with Crippen LogP contribution in [0, 0.1) is 0 Å². The number of nitrogens with zero attached hydrogens (tertiary/aromatic N) is 2. The number of pyridine rings is 1. The van der Waals surface area contributed by atoms with E-state index in [9.17, 15) is 24.0 Å². The van der Waals surface area contributed by atoms with Gasteiger partial charge in [-0.3, -0.25) is 29.0 Å². The number of aliphatic carboxylic acids is 1. The van der Waals surface area contributed by atoms with Crippen LogP contribution < -0.4 is 5.32 Å². The number of carbonyl (C=O) groups is 5. The second-order valence-electron chi connectivity index (χ2n) is 7.18. The van der Waals surface area contributed by atoms with Crippen molar-refractivity contribution in [2.45, 2.75) is 32.7 Å². The molecule has 11 nitrogen and oxygen atoms in total. The maximum Gasteiger partial charge on any atom is 0.325 e. The highest BCUT2D eigenvalue weighted by Crippen LogP contribution is 2.13. The Balaban J connectivity index is 2.27. The Morgan fingerprint density at radius 1 is 1.03 bits per heavy atom. The molecule has 0 unspecified atom stereocenters. The van der Waals surface area contributed by atoms with Crippen molar-refractivity contribution in [1.29, 1.82) is 0 Å². The van der Waals surface area contributed by atoms with E-state index in [0.717, 1.165) is 4.90 Å². The first-order valence-corrected chi connectivity index (χ1v) is 10.7. The van der Waals surface area contributed by atoms with Crippen molar-refractivity contribution >= 4 is 40.6 Å². The van der Waals surface area contributed by atoms with Gasteiger partial charge in [0.1, 0.15) is 19.1 Å². The van der Waals surface area contributed by atoms with Gasteiger partial charge in [-0.05, 0) is 32.4 Å². The van der Waals surface area contributed by atoms with Crippen molar-refractivity contribution in [3.63, 3.8) is 0 Å². The van der Waals surface area contributed by atoms with Crippen LogP contribution in [0.5, 0.6) is 0 Å². The maximum absolute atomic E-state index is 13.2. The number of carbonyl (C=O) groups excluding carboxylic acids is 4. The lowest BCUT2D eigenvalue weighted by molar-refractivity contribution is -0.155. The highest BCUT2D eigenvalue weighted by atomic mass is 16.5. The number of hydrogen-bond donors (Lipinski definition) is 2. The third-order valence-electron chi connectivity index (χ3n) is 4.67. The summed E-state index contributed by atoms with van der Waals surface area (Å²) in [5, 5.41) is 12.3. The van der Waals surface area contributed by atoms with E-state index in [2.05, 4.69) is 10.3 Å². The predicted octanol–water partition coefficient (Wildman–Crippen LogP) is 1.15. The molecule has 2 rings (SSSR count). The fourth-order valence-electron chi connectivity index (χ4n) is 3.12. The number of carboxylic acids is 1. The number of ether oxygens (including phenoxy) is 2. The van der Waals surface area contributed by atoms with Gasteiger partial charge in [-0.25, -0.2) is 0 Å². The Morgan fingerprint density at radius 2 is 1.65 bits per heavy atom. The fourth-order valence-corrected chi connectivity index (χ4v) is 3.12. The van der Waals surface area contributed by atoms with E-state index in [1.54, 1.807) is 44.2 Å². The van der Waals surface area contributed by atoms with Crippen LogP contribution in [0.15, 0.2) is 36.5 Å². The van der Waals surface area contributed by atoms with Crippen LogP contribution in [-0.4, -0.2) is 77.1 Å². The van der Waals surface area contributed by atoms with Crippen LogP contribution in [0.25, 0.3) is 10.9 Å². The molecule has 1 atom stereocenters. The molecule has 0 aliphatic carbocycles. The zero-order valence-corrected chi connectivity index (χ0v) is 19.0. The number of benzene rings is 1. The van der Waals surface area contributed by atoms with E-state index in [-0.39, 0.29) is 25.2 Å². The summed E-state index contributed by atoms with van der Waals surface area (Å²) in [6.07, 6.45) is 0.647. The Labute approximate surface area is 196 Å². The van der Waals surface area contributed by atoms with Crippen molar-refractivity contribution in [2.24, 2.45) is 0 Å². The van der Waals surface area contributed by atoms with Gasteiger partial charge in [-0.1, -0.05) is 18.2 Å². The molecular formula is C23H27N3O8. The number of fused-ring (bicyclic) bond motifs is 1. The van der Waals surface area contributed by atoms with Gasteiger partial charge in [0.05, 0.1) is 24.3 Å². The normalized spacial score (nSPS) is 11.4. The molecule has 11 heteroatoms. The number of esters is 2. The molecule has 0 spiro atoms. The molecule has 1 heterocycles. The molecule has 0 aliphatic heterocycles. The lowest BCUT2D eigenvalue weighted by Crippen LogP contribution is -2.51. The largest absolute Gasteiger partial charge is 0.481 e. The van der Waals surface area contributed by atoms with E-state index in [0.29, 0.717) is 10.9 Å². The van der Waals surface area contributed by atoms with Crippen LogP contribution in [0.4, 0.5) is 0 Å². The number of carboxylic acid groups (broad SMARTS) is 1. The van der Waals surface area contributed by atoms with Gasteiger partial charge in [0.15, 0.2) is 0 Å². The third-order valence-corrected chi connectivity index (χ3v) is 4.67. The van der Waals surface area contributed by atoms with Gasteiger partial charge in [0.2, 0.25) is 5.91 Å². The van der Waals surface area contributed by atoms with Gasteiger partial charge in [-0.15, -0.1) is 0 Å². The number of para-hydroxylation sites is 1. The summed E-state index contributed by atoms with van der Waals surface area (Å²) < 4.78 is 9.72. The molecule has 0 aliphatic rings. The Bertz CT molecular complexity index is 1040. The molecule has 0 radical (unpaired) electrons. The van der Waals surface area contributed by atoms with E-state index >= 15 is 0 Å². The fraction of sp³-hybridized carbons (Fsp3) is 0.391. The molecule has 1 aromatic carbocycles. The Kier molecular flexibility index (Phi) is 9.93. The zero-order valence-electron chi connectivity index (χ0n) is 19.0. The standard InChI is InChI=1S/C23H27N3O8/c1-3-33-20(29)13-26(14-21(30)34-4-2)23(32)18(9-10-19(27)28)25-22(31)16-11-15-7-5-6-8-17(15)24-12-16/h5-8,11-12,18H,3-4,9-10,13-14H2,1-2H3,(H,25,31)(H,27,28)/t18-/m1/s1. The second-order valence-corrected chi connectivity index (χ2v) is 7.18. The first-order valence-electron chi connectivity index (χ1n) is 10.7. The monoisotopic (exact) mass is 473 g/mol. The summed E-state index contributed by atoms with van der Waals surface area (Å²) in [5.74, 6) is -4.18. The smallest absolute Gasteiger partial charge is 0.325 e. The quantitative estimate of drug-likeness (QED) is 0.432. The van der Waals surface area contributed by atoms with E-state index in [1.165, 1.54) is 6.20 Å². The average Bonchev–Trinajstić information content (AvgIpc) is 2.80. The van der Waals surface area contributed by atoms with Crippen molar-refractivity contribution < 1.29 is 38.6 Å². The highest BCUT2D eigenvalue weighted by Gasteiger charge is 2.30. The molecule has 0 saturated heterocycles. The molecule has 0 fully saturated rings. The van der Waals surface area contributed by atoms with Gasteiger partial charge >= 0.3 is 17.9 Å². The Morgan fingerprint density at radius 3 is 2.24 bits per heavy atom. The summed E-state index contributed by atoms with van der Waals surface area (Å²) >= 11 is 0. The predicted molar refractivity (Wildman–Crippen MR) is 120 cm³/mol. The maximum atomic E-state index is 13.2. The minimum Gasteiger partial charge on any atom is -0.481 e. The van der Waals surface area contributed by atoms with Gasteiger partial charge in [-0.2, -0.15) is 0 Å². The van der Waals surface area contributed by atoms with Crippen LogP contribution in [0.2, 0.25) is 0 Å². The number of amides is 2. The van der Waals surface area contributed by atoms with E-state index < -0.39 is 55.3 Å². The number of aromatic nitrogens is 1. The lowest BCUT2D eigenvalue weighted by atomic mass is 10.1. The molecule has 0 saturated carbocycles. The topological polar surface area (TPSA) is 152 Å². The molecule has 182 valence electrons. The minimum atomic E-state index is -1.32. The zero-order chi connectivity index (χ0) is 25.1. The summed E-state index contributed by atoms with van der Waals surface area (Å²) in [5.41, 5.74) is 0.835. The summed E-state index contributed by atoms with van der Waals surface area (Å²) in [4.78, 5) is 66.3.